The molecule has 7 nitrogen and oxygen atoms in total. The van der Waals surface area contributed by atoms with Gasteiger partial charge in [0, 0.05) is 13.7 Å². The predicted octanol–water partition coefficient (Wildman–Crippen LogP) is 0.601. The molecule has 0 atom stereocenters. The maximum Gasteiger partial charge on any atom is 0.246 e. The van der Waals surface area contributed by atoms with E-state index >= 15 is 0 Å². The number of hydrogen-bond acceptors (Lipinski definition) is 4. The molecule has 0 spiro atoms. The van der Waals surface area contributed by atoms with Gasteiger partial charge in [0.1, 0.15) is 19.0 Å². The smallest absolute Gasteiger partial charge is 0.246 e. The largest absolute Gasteiger partial charge is 0.375 e. The number of rotatable bonds is 8. The molecular weight excluding hydrogens is 296 g/mol. The van der Waals surface area contributed by atoms with Gasteiger partial charge in [-0.3, -0.25) is 9.59 Å². The Morgan fingerprint density at radius 3 is 2.83 bits per heavy atom. The van der Waals surface area contributed by atoms with Crippen molar-refractivity contribution in [2.24, 2.45) is 0 Å². The second kappa shape index (κ2) is 8.09. The molecule has 2 amide bonds. The number of hydrogen-bond donors (Lipinski definition) is 2. The highest BCUT2D eigenvalue weighted by molar-refractivity contribution is 5.81. The van der Waals surface area contributed by atoms with Crippen LogP contribution in [0, 0.1) is 0 Å². The van der Waals surface area contributed by atoms with Gasteiger partial charge in [-0.05, 0) is 12.1 Å². The molecule has 0 aliphatic carbocycles. The van der Waals surface area contributed by atoms with Gasteiger partial charge in [0.25, 0.3) is 0 Å². The molecule has 0 bridgehead atoms. The molecule has 122 valence electrons. The molecule has 1 aromatic heterocycles. The third kappa shape index (κ3) is 4.40. The zero-order chi connectivity index (χ0) is 16.7. The highest BCUT2D eigenvalue weighted by Crippen LogP contribution is 2.15. The number of aromatic nitrogens is 2. The van der Waals surface area contributed by atoms with Crippen LogP contribution in [0.25, 0.3) is 11.0 Å². The van der Waals surface area contributed by atoms with Crippen LogP contribution in [-0.2, 0) is 27.4 Å². The number of fused-ring (bicyclic) bond motifs is 1. The SMILES string of the molecule is C=CCNC(=O)Cn1c(CNC(=O)COC)nc2ccccc21. The molecule has 0 radical (unpaired) electrons. The van der Waals surface area contributed by atoms with Crippen LogP contribution >= 0.6 is 0 Å². The number of carbonyl (C=O) groups is 2. The van der Waals surface area contributed by atoms with Crippen LogP contribution < -0.4 is 10.6 Å². The maximum atomic E-state index is 12.0. The van der Waals surface area contributed by atoms with Crippen LogP contribution in [0.2, 0.25) is 0 Å². The van der Waals surface area contributed by atoms with E-state index < -0.39 is 0 Å². The Bertz CT molecular complexity index is 708. The summed E-state index contributed by atoms with van der Waals surface area (Å²) in [6.07, 6.45) is 1.62. The van der Waals surface area contributed by atoms with Crippen LogP contribution in [0.1, 0.15) is 5.82 Å². The first-order chi connectivity index (χ1) is 11.2. The minimum Gasteiger partial charge on any atom is -0.375 e. The lowest BCUT2D eigenvalue weighted by Crippen LogP contribution is -2.31. The van der Waals surface area contributed by atoms with E-state index in [0.29, 0.717) is 12.4 Å². The van der Waals surface area contributed by atoms with Crippen LogP contribution in [0.15, 0.2) is 36.9 Å². The predicted molar refractivity (Wildman–Crippen MR) is 86.7 cm³/mol. The fraction of sp³-hybridized carbons (Fsp3) is 0.312. The Morgan fingerprint density at radius 1 is 1.30 bits per heavy atom. The second-order valence-electron chi connectivity index (χ2n) is 4.91. The Balaban J connectivity index is 2.20. The standard InChI is InChI=1S/C16H20N4O3/c1-3-8-17-15(21)10-20-13-7-5-4-6-12(13)19-14(20)9-18-16(22)11-23-2/h3-7H,1,8-11H2,2H3,(H,17,21)(H,18,22). The molecule has 2 rings (SSSR count). The summed E-state index contributed by atoms with van der Waals surface area (Å²) in [5.74, 6) is 0.240. The normalized spacial score (nSPS) is 10.5. The van der Waals surface area contributed by atoms with E-state index in [1.165, 1.54) is 7.11 Å². The van der Waals surface area contributed by atoms with E-state index in [1.807, 2.05) is 24.3 Å². The van der Waals surface area contributed by atoms with Crippen molar-refractivity contribution in [2.75, 3.05) is 20.3 Å². The van der Waals surface area contributed by atoms with E-state index in [0.717, 1.165) is 11.0 Å². The van der Waals surface area contributed by atoms with E-state index in [1.54, 1.807) is 10.6 Å². The highest BCUT2D eigenvalue weighted by Gasteiger charge is 2.14. The highest BCUT2D eigenvalue weighted by atomic mass is 16.5. The molecule has 0 fully saturated rings. The summed E-state index contributed by atoms with van der Waals surface area (Å²) in [5.41, 5.74) is 1.62. The number of para-hydroxylation sites is 2. The number of carbonyl (C=O) groups excluding carboxylic acids is 2. The van der Waals surface area contributed by atoms with Gasteiger partial charge in [-0.15, -0.1) is 6.58 Å². The van der Waals surface area contributed by atoms with Crippen molar-refractivity contribution < 1.29 is 14.3 Å². The van der Waals surface area contributed by atoms with E-state index in [-0.39, 0.29) is 31.5 Å². The fourth-order valence-corrected chi connectivity index (χ4v) is 2.18. The van der Waals surface area contributed by atoms with E-state index in [2.05, 4.69) is 22.2 Å². The van der Waals surface area contributed by atoms with Gasteiger partial charge >= 0.3 is 0 Å². The van der Waals surface area contributed by atoms with E-state index in [4.69, 9.17) is 4.74 Å². The summed E-state index contributed by atoms with van der Waals surface area (Å²) < 4.78 is 6.57. The molecule has 1 aromatic carbocycles. The first-order valence-corrected chi connectivity index (χ1v) is 7.23. The molecule has 1 heterocycles. The number of benzene rings is 1. The minimum absolute atomic E-state index is 0.0138. The summed E-state index contributed by atoms with van der Waals surface area (Å²) >= 11 is 0. The Hall–Kier alpha value is -2.67. The Labute approximate surface area is 134 Å². The van der Waals surface area contributed by atoms with Crippen molar-refractivity contribution in [3.8, 4) is 0 Å². The number of ether oxygens (including phenoxy) is 1. The van der Waals surface area contributed by atoms with Crippen molar-refractivity contribution in [2.45, 2.75) is 13.1 Å². The maximum absolute atomic E-state index is 12.0. The van der Waals surface area contributed by atoms with Crippen LogP contribution in [0.5, 0.6) is 0 Å². The lowest BCUT2D eigenvalue weighted by molar-refractivity contribution is -0.124. The number of amides is 2. The minimum atomic E-state index is -0.234. The monoisotopic (exact) mass is 316 g/mol. The summed E-state index contributed by atoms with van der Waals surface area (Å²) in [7, 11) is 1.46. The van der Waals surface area contributed by atoms with Gasteiger partial charge < -0.3 is 19.9 Å². The first-order valence-electron chi connectivity index (χ1n) is 7.23. The summed E-state index contributed by atoms with van der Waals surface area (Å²) in [5, 5.41) is 5.46. The van der Waals surface area contributed by atoms with E-state index in [9.17, 15) is 9.59 Å². The quantitative estimate of drug-likeness (QED) is 0.699. The molecule has 2 N–H and O–H groups in total. The molecule has 0 saturated heterocycles. The van der Waals surface area contributed by atoms with Crippen molar-refractivity contribution in [1.29, 1.82) is 0 Å². The summed E-state index contributed by atoms with van der Waals surface area (Å²) in [6.45, 7) is 4.32. The van der Waals surface area contributed by atoms with Crippen LogP contribution in [-0.4, -0.2) is 41.6 Å². The summed E-state index contributed by atoms with van der Waals surface area (Å²) in [4.78, 5) is 28.0. The zero-order valence-corrected chi connectivity index (χ0v) is 13.0. The Morgan fingerprint density at radius 2 is 2.09 bits per heavy atom. The average Bonchev–Trinajstić information content (AvgIpc) is 2.89. The number of methoxy groups -OCH3 is 1. The van der Waals surface area contributed by atoms with Gasteiger partial charge in [0.2, 0.25) is 11.8 Å². The average molecular weight is 316 g/mol. The molecule has 0 saturated carbocycles. The third-order valence-corrected chi connectivity index (χ3v) is 3.20. The van der Waals surface area contributed by atoms with Crippen molar-refractivity contribution in [3.63, 3.8) is 0 Å². The van der Waals surface area contributed by atoms with Crippen molar-refractivity contribution >= 4 is 22.8 Å². The lowest BCUT2D eigenvalue weighted by Gasteiger charge is -2.10. The summed E-state index contributed by atoms with van der Waals surface area (Å²) in [6, 6.07) is 7.53. The molecular formula is C16H20N4O3. The number of nitrogens with one attached hydrogen (secondary N) is 2. The van der Waals surface area contributed by atoms with Crippen LogP contribution in [0.4, 0.5) is 0 Å². The second-order valence-corrected chi connectivity index (χ2v) is 4.91. The molecule has 7 heteroatoms. The first kappa shape index (κ1) is 16.7. The molecule has 0 unspecified atom stereocenters. The Kier molecular flexibility index (Phi) is 5.87. The molecule has 2 aromatic rings. The fourth-order valence-electron chi connectivity index (χ4n) is 2.18. The third-order valence-electron chi connectivity index (χ3n) is 3.20. The van der Waals surface area contributed by atoms with Gasteiger partial charge in [-0.25, -0.2) is 4.98 Å². The van der Waals surface area contributed by atoms with Crippen molar-refractivity contribution in [3.05, 3.63) is 42.7 Å². The van der Waals surface area contributed by atoms with Gasteiger partial charge in [0.05, 0.1) is 17.6 Å². The van der Waals surface area contributed by atoms with Crippen LogP contribution in [0.3, 0.4) is 0 Å². The molecule has 0 aliphatic rings. The van der Waals surface area contributed by atoms with Gasteiger partial charge in [-0.1, -0.05) is 18.2 Å². The number of imidazole rings is 1. The van der Waals surface area contributed by atoms with Gasteiger partial charge in [0.15, 0.2) is 0 Å². The molecule has 23 heavy (non-hydrogen) atoms. The van der Waals surface area contributed by atoms with Crippen molar-refractivity contribution in [1.82, 2.24) is 20.2 Å². The molecule has 0 aliphatic heterocycles. The zero-order valence-electron chi connectivity index (χ0n) is 13.0. The number of nitrogens with zero attached hydrogens (tertiary/aromatic N) is 2. The lowest BCUT2D eigenvalue weighted by atomic mass is 10.3. The topological polar surface area (TPSA) is 85.2 Å². The van der Waals surface area contributed by atoms with Gasteiger partial charge in [-0.2, -0.15) is 0 Å².